The zero-order valence-corrected chi connectivity index (χ0v) is 20.4. The Morgan fingerprint density at radius 2 is 1.07 bits per heavy atom. The van der Waals surface area contributed by atoms with Crippen LogP contribution >= 0.6 is 12.6 Å². The molecule has 0 aromatic carbocycles. The highest BCUT2D eigenvalue weighted by Crippen LogP contribution is 2.13. The molecule has 0 saturated carbocycles. The second-order valence-electron chi connectivity index (χ2n) is 8.40. The fourth-order valence-electron chi connectivity index (χ4n) is 3.63. The molecule has 0 fully saturated rings. The molecule has 0 spiro atoms. The summed E-state index contributed by atoms with van der Waals surface area (Å²) in [6, 6.07) is 0. The van der Waals surface area contributed by atoms with Gasteiger partial charge in [0.05, 0.1) is 0 Å². The number of carbonyl (C=O) groups excluding carboxylic acids is 1. The lowest BCUT2D eigenvalue weighted by molar-refractivity contribution is -0.143. The predicted octanol–water partition coefficient (Wildman–Crippen LogP) is 8.84. The molecule has 0 aliphatic carbocycles. The Hall–Kier alpha value is -0.440. The van der Waals surface area contributed by atoms with Gasteiger partial charge in [-0.3, -0.25) is 4.79 Å². The second kappa shape index (κ2) is 25.6. The van der Waals surface area contributed by atoms with E-state index in [1.165, 1.54) is 109 Å². The summed E-state index contributed by atoms with van der Waals surface area (Å²) in [6.45, 7) is 2.73. The lowest BCUT2D eigenvalue weighted by atomic mass is 10.0. The van der Waals surface area contributed by atoms with Gasteiger partial charge in [0.1, 0.15) is 6.61 Å². The highest BCUT2D eigenvalue weighted by atomic mass is 32.1. The maximum Gasteiger partial charge on any atom is 0.305 e. The van der Waals surface area contributed by atoms with E-state index in [-0.39, 0.29) is 5.97 Å². The predicted molar refractivity (Wildman–Crippen MR) is 132 cm³/mol. The maximum atomic E-state index is 11.3. The van der Waals surface area contributed by atoms with E-state index in [4.69, 9.17) is 4.74 Å². The molecule has 0 bridgehead atoms. The van der Waals surface area contributed by atoms with E-state index < -0.39 is 0 Å². The van der Waals surface area contributed by atoms with E-state index in [9.17, 15) is 4.79 Å². The van der Waals surface area contributed by atoms with Crippen molar-refractivity contribution in [3.05, 3.63) is 12.2 Å². The van der Waals surface area contributed by atoms with Crippen molar-refractivity contribution in [1.29, 1.82) is 0 Å². The first kappa shape index (κ1) is 28.6. The molecule has 0 aliphatic heterocycles. The Labute approximate surface area is 188 Å². The molecule has 0 aromatic heterocycles. The van der Waals surface area contributed by atoms with E-state index in [0.29, 0.717) is 18.8 Å². The fraction of sp³-hybridized carbons (Fsp3) is 0.885. The zero-order valence-electron chi connectivity index (χ0n) is 19.5. The first-order chi connectivity index (χ1) is 14.3. The zero-order chi connectivity index (χ0) is 21.3. The quantitative estimate of drug-likeness (QED) is 0.0764. The summed E-state index contributed by atoms with van der Waals surface area (Å²) in [5.74, 6) is 0.543. The standard InChI is InChI=1S/C26H50O2S/c1-2-3-4-5-6-7-8-9-10-11-12-13-14-15-16-17-18-19-20-21-22-23-26(27)28-24-25-29/h14-15,29H,2-13,16-25H2,1H3/b15-14+. The number of esters is 1. The molecule has 0 aromatic rings. The number of hydrogen-bond acceptors (Lipinski definition) is 3. The molecule has 2 nitrogen and oxygen atoms in total. The Kier molecular flexibility index (Phi) is 25.2. The van der Waals surface area contributed by atoms with Gasteiger partial charge in [-0.05, 0) is 32.1 Å². The molecule has 0 heterocycles. The third-order valence-electron chi connectivity index (χ3n) is 5.50. The SMILES string of the molecule is CCCCCCCCCCCCC/C=C/CCCCCCCCC(=O)OCCS. The summed E-state index contributed by atoms with van der Waals surface area (Å²) in [6.07, 6.45) is 30.7. The largest absolute Gasteiger partial charge is 0.465 e. The van der Waals surface area contributed by atoms with Crippen molar-refractivity contribution in [2.75, 3.05) is 12.4 Å². The van der Waals surface area contributed by atoms with Gasteiger partial charge in [-0.25, -0.2) is 0 Å². The van der Waals surface area contributed by atoms with Crippen LogP contribution in [0, 0.1) is 0 Å². The minimum absolute atomic E-state index is 0.0676. The molecule has 0 rings (SSSR count). The monoisotopic (exact) mass is 426 g/mol. The molecule has 0 radical (unpaired) electrons. The number of thiol groups is 1. The van der Waals surface area contributed by atoms with Crippen molar-refractivity contribution in [3.8, 4) is 0 Å². The molecule has 0 atom stereocenters. The van der Waals surface area contributed by atoms with Gasteiger partial charge in [0.25, 0.3) is 0 Å². The number of carbonyl (C=O) groups is 1. The van der Waals surface area contributed by atoms with Gasteiger partial charge < -0.3 is 4.74 Å². The number of rotatable bonds is 23. The summed E-state index contributed by atoms with van der Waals surface area (Å²) in [5, 5.41) is 0. The Balaban J connectivity index is 3.13. The summed E-state index contributed by atoms with van der Waals surface area (Å²) in [5.41, 5.74) is 0. The number of unbranched alkanes of at least 4 members (excludes halogenated alkanes) is 17. The van der Waals surface area contributed by atoms with Crippen LogP contribution in [0.3, 0.4) is 0 Å². The van der Waals surface area contributed by atoms with Crippen LogP contribution in [0.2, 0.25) is 0 Å². The van der Waals surface area contributed by atoms with Crippen molar-refractivity contribution in [3.63, 3.8) is 0 Å². The van der Waals surface area contributed by atoms with Gasteiger partial charge in [0.2, 0.25) is 0 Å². The molecule has 0 N–H and O–H groups in total. The van der Waals surface area contributed by atoms with Gasteiger partial charge in [-0.1, -0.05) is 109 Å². The van der Waals surface area contributed by atoms with Crippen molar-refractivity contribution in [1.82, 2.24) is 0 Å². The topological polar surface area (TPSA) is 26.3 Å². The van der Waals surface area contributed by atoms with Gasteiger partial charge in [0.15, 0.2) is 0 Å². The fourth-order valence-corrected chi connectivity index (χ4v) is 3.72. The van der Waals surface area contributed by atoms with Gasteiger partial charge >= 0.3 is 5.97 Å². The maximum absolute atomic E-state index is 11.3. The van der Waals surface area contributed by atoms with Crippen molar-refractivity contribution < 1.29 is 9.53 Å². The second-order valence-corrected chi connectivity index (χ2v) is 8.85. The molecular weight excluding hydrogens is 376 g/mol. The first-order valence-electron chi connectivity index (χ1n) is 12.7. The summed E-state index contributed by atoms with van der Waals surface area (Å²) in [4.78, 5) is 11.3. The molecule has 29 heavy (non-hydrogen) atoms. The van der Waals surface area contributed by atoms with E-state index in [1.54, 1.807) is 0 Å². The number of ether oxygens (including phenoxy) is 1. The Morgan fingerprint density at radius 3 is 1.52 bits per heavy atom. The van der Waals surface area contributed by atoms with Crippen LogP contribution in [0.4, 0.5) is 0 Å². The van der Waals surface area contributed by atoms with Crippen LogP contribution in [0.1, 0.15) is 135 Å². The average molecular weight is 427 g/mol. The molecule has 0 saturated heterocycles. The highest BCUT2D eigenvalue weighted by molar-refractivity contribution is 7.80. The van der Waals surface area contributed by atoms with E-state index in [0.717, 1.165) is 12.8 Å². The Bertz CT molecular complexity index is 355. The number of hydrogen-bond donors (Lipinski definition) is 1. The van der Waals surface area contributed by atoms with E-state index in [1.807, 2.05) is 0 Å². The van der Waals surface area contributed by atoms with Crippen LogP contribution < -0.4 is 0 Å². The molecular formula is C26H50O2S. The highest BCUT2D eigenvalue weighted by Gasteiger charge is 2.01. The summed E-state index contributed by atoms with van der Waals surface area (Å²) < 4.78 is 5.01. The van der Waals surface area contributed by atoms with Crippen LogP contribution in [0.5, 0.6) is 0 Å². The molecule has 0 unspecified atom stereocenters. The molecule has 172 valence electrons. The third kappa shape index (κ3) is 25.5. The van der Waals surface area contributed by atoms with Crippen LogP contribution in [0.15, 0.2) is 12.2 Å². The van der Waals surface area contributed by atoms with E-state index in [2.05, 4.69) is 31.7 Å². The molecule has 0 amide bonds. The van der Waals surface area contributed by atoms with Crippen molar-refractivity contribution in [2.24, 2.45) is 0 Å². The van der Waals surface area contributed by atoms with Gasteiger partial charge in [-0.15, -0.1) is 0 Å². The number of allylic oxidation sites excluding steroid dienone is 2. The normalized spacial score (nSPS) is 11.4. The van der Waals surface area contributed by atoms with Crippen LogP contribution in [-0.4, -0.2) is 18.3 Å². The first-order valence-corrected chi connectivity index (χ1v) is 13.4. The van der Waals surface area contributed by atoms with Crippen LogP contribution in [-0.2, 0) is 9.53 Å². The smallest absolute Gasteiger partial charge is 0.305 e. The average Bonchev–Trinajstić information content (AvgIpc) is 2.73. The van der Waals surface area contributed by atoms with Gasteiger partial charge in [-0.2, -0.15) is 12.6 Å². The lowest BCUT2D eigenvalue weighted by Gasteiger charge is -2.03. The lowest BCUT2D eigenvalue weighted by Crippen LogP contribution is -2.06. The van der Waals surface area contributed by atoms with Crippen molar-refractivity contribution >= 4 is 18.6 Å². The Morgan fingerprint density at radius 1 is 0.655 bits per heavy atom. The minimum Gasteiger partial charge on any atom is -0.465 e. The third-order valence-corrected chi connectivity index (χ3v) is 5.68. The molecule has 0 aliphatic rings. The van der Waals surface area contributed by atoms with Gasteiger partial charge in [0, 0.05) is 12.2 Å². The summed E-state index contributed by atoms with van der Waals surface area (Å²) >= 11 is 4.03. The van der Waals surface area contributed by atoms with Crippen molar-refractivity contribution in [2.45, 2.75) is 135 Å². The van der Waals surface area contributed by atoms with E-state index >= 15 is 0 Å². The minimum atomic E-state index is -0.0676. The molecule has 3 heteroatoms. The summed E-state index contributed by atoms with van der Waals surface area (Å²) in [7, 11) is 0. The van der Waals surface area contributed by atoms with Crippen LogP contribution in [0.25, 0.3) is 0 Å².